The Morgan fingerprint density at radius 2 is 1.12 bits per heavy atom. The molecule has 3 aromatic carbocycles. The van der Waals surface area contributed by atoms with Crippen LogP contribution in [0.2, 0.25) is 0 Å². The number of nitrogens with zero attached hydrogens (tertiary/aromatic N) is 1. The Balaban J connectivity index is 1.15. The Morgan fingerprint density at radius 1 is 0.596 bits per heavy atom. The highest BCUT2D eigenvalue weighted by Gasteiger charge is 2.61. The van der Waals surface area contributed by atoms with Gasteiger partial charge >= 0.3 is 0 Å². The molecule has 0 spiro atoms. The topological polar surface area (TPSA) is 135 Å². The summed E-state index contributed by atoms with van der Waals surface area (Å²) in [5, 5.41) is 13.0. The molecule has 0 bridgehead atoms. The van der Waals surface area contributed by atoms with Crippen molar-refractivity contribution in [1.82, 2.24) is 0 Å². The van der Waals surface area contributed by atoms with Crippen LogP contribution in [0, 0.1) is 10.1 Å². The molecule has 0 N–H and O–H groups in total. The van der Waals surface area contributed by atoms with E-state index in [-0.39, 0.29) is 26.4 Å². The lowest BCUT2D eigenvalue weighted by atomic mass is 9.96. The molecule has 4 saturated heterocycles. The summed E-state index contributed by atoms with van der Waals surface area (Å²) in [5.41, 5.74) is 2.72. The van der Waals surface area contributed by atoms with Gasteiger partial charge in [-0.05, 0) is 44.4 Å². The largest absolute Gasteiger partial charge is 0.374 e. The fourth-order valence-corrected chi connectivity index (χ4v) is 7.20. The maximum absolute atomic E-state index is 13.0. The molecule has 280 valence electrons. The van der Waals surface area contributed by atoms with E-state index in [4.69, 9.17) is 47.4 Å². The van der Waals surface area contributed by atoms with E-state index in [1.165, 1.54) is 0 Å². The van der Waals surface area contributed by atoms with Crippen molar-refractivity contribution in [2.45, 2.75) is 120 Å². The predicted octanol–water partition coefficient (Wildman–Crippen LogP) is 5.16. The van der Waals surface area contributed by atoms with Crippen molar-refractivity contribution in [3.63, 3.8) is 0 Å². The van der Waals surface area contributed by atoms with Gasteiger partial charge in [-0.3, -0.25) is 10.1 Å². The summed E-state index contributed by atoms with van der Waals surface area (Å²) in [4.78, 5) is 12.6. The molecule has 10 atom stereocenters. The number of rotatable bonds is 14. The fourth-order valence-electron chi connectivity index (χ4n) is 7.20. The molecule has 0 aromatic heterocycles. The Hall–Kier alpha value is -3.34. The van der Waals surface area contributed by atoms with E-state index in [1.807, 2.05) is 105 Å². The number of hydrogen-bond acceptors (Lipinski definition) is 12. The van der Waals surface area contributed by atoms with Crippen molar-refractivity contribution in [1.29, 1.82) is 0 Å². The highest BCUT2D eigenvalue weighted by molar-refractivity contribution is 5.15. The molecule has 0 radical (unpaired) electrons. The second-order valence-electron chi connectivity index (χ2n) is 14.4. The lowest BCUT2D eigenvalue weighted by Gasteiger charge is -2.43. The maximum atomic E-state index is 13.0. The monoisotopic (exact) mass is 721 g/mol. The van der Waals surface area contributed by atoms with Crippen LogP contribution in [0.3, 0.4) is 0 Å². The van der Waals surface area contributed by atoms with Crippen molar-refractivity contribution < 1.29 is 52.3 Å². The van der Waals surface area contributed by atoms with Crippen molar-refractivity contribution in [3.8, 4) is 0 Å². The molecule has 0 amide bonds. The van der Waals surface area contributed by atoms with Gasteiger partial charge in [0.1, 0.15) is 36.6 Å². The third-order valence-electron chi connectivity index (χ3n) is 9.50. The summed E-state index contributed by atoms with van der Waals surface area (Å²) in [6.07, 6.45) is -7.22. The molecule has 0 unspecified atom stereocenters. The van der Waals surface area contributed by atoms with Gasteiger partial charge in [-0.25, -0.2) is 0 Å². The van der Waals surface area contributed by atoms with Crippen molar-refractivity contribution >= 4 is 0 Å². The summed E-state index contributed by atoms with van der Waals surface area (Å²) in [6.45, 7) is 7.77. The Kier molecular flexibility index (Phi) is 11.3. The quantitative estimate of drug-likeness (QED) is 0.161. The summed E-state index contributed by atoms with van der Waals surface area (Å²) in [5.74, 6) is -1.83. The second-order valence-corrected chi connectivity index (χ2v) is 14.4. The smallest absolute Gasteiger partial charge is 0.291 e. The maximum Gasteiger partial charge on any atom is 0.291 e. The molecule has 0 saturated carbocycles. The van der Waals surface area contributed by atoms with Crippen LogP contribution in [0.25, 0.3) is 0 Å². The van der Waals surface area contributed by atoms with Gasteiger partial charge < -0.3 is 47.4 Å². The average molecular weight is 722 g/mol. The Bertz CT molecular complexity index is 1590. The average Bonchev–Trinajstić information content (AvgIpc) is 3.63. The molecule has 4 fully saturated rings. The van der Waals surface area contributed by atoms with Gasteiger partial charge in [0.25, 0.3) is 6.04 Å². The fraction of sp³-hybridized carbons (Fsp3) is 0.538. The van der Waals surface area contributed by atoms with Crippen LogP contribution in [-0.2, 0) is 67.2 Å². The van der Waals surface area contributed by atoms with E-state index in [1.54, 1.807) is 13.8 Å². The van der Waals surface area contributed by atoms with Crippen LogP contribution in [0.4, 0.5) is 0 Å². The van der Waals surface area contributed by atoms with Crippen molar-refractivity contribution in [2.75, 3.05) is 13.2 Å². The van der Waals surface area contributed by atoms with E-state index in [0.717, 1.165) is 16.7 Å². The standard InChI is InChI=1S/C39H47NO12/c1-38(2)49-32-29(48-37-35(34(32)50-38)51-39(3,4)52-37)24-46-36-30(40(41)42)33(45-22-27-18-12-7-13-19-27)31(44-21-26-16-10-6-11-17-26)28(47-36)23-43-20-25-14-8-5-9-15-25/h5-19,28-37H,20-24H2,1-4H3/t28-,29-,30-,31+,32+,33-,34+,35-,36-,37-/m1/s1. The molecular weight excluding hydrogens is 674 g/mol. The van der Waals surface area contributed by atoms with E-state index < -0.39 is 77.8 Å². The number of nitro groups is 1. The minimum absolute atomic E-state index is 0.0592. The minimum atomic E-state index is -1.47. The van der Waals surface area contributed by atoms with Crippen LogP contribution in [-0.4, -0.2) is 91.1 Å². The first kappa shape index (κ1) is 37.0. The normalized spacial score (nSPS) is 33.3. The molecular formula is C39H47NO12. The molecule has 0 aliphatic carbocycles. The molecule has 13 nitrogen and oxygen atoms in total. The summed E-state index contributed by atoms with van der Waals surface area (Å²) >= 11 is 0. The lowest BCUT2D eigenvalue weighted by Crippen LogP contribution is -2.64. The lowest BCUT2D eigenvalue weighted by molar-refractivity contribution is -0.577. The van der Waals surface area contributed by atoms with Gasteiger partial charge in [0.15, 0.2) is 24.0 Å². The molecule has 4 aliphatic rings. The first-order chi connectivity index (χ1) is 25.1. The molecule has 4 aliphatic heterocycles. The van der Waals surface area contributed by atoms with Gasteiger partial charge in [-0.2, -0.15) is 0 Å². The Morgan fingerprint density at radius 3 is 1.71 bits per heavy atom. The van der Waals surface area contributed by atoms with E-state index in [0.29, 0.717) is 6.61 Å². The molecule has 7 rings (SSSR count). The van der Waals surface area contributed by atoms with Gasteiger partial charge in [-0.15, -0.1) is 0 Å². The number of ether oxygens (including phenoxy) is 10. The summed E-state index contributed by atoms with van der Waals surface area (Å²) in [7, 11) is 0. The molecule has 52 heavy (non-hydrogen) atoms. The summed E-state index contributed by atoms with van der Waals surface area (Å²) < 4.78 is 62.9. The van der Waals surface area contributed by atoms with E-state index in [2.05, 4.69) is 0 Å². The molecule has 4 heterocycles. The van der Waals surface area contributed by atoms with Gasteiger partial charge in [-0.1, -0.05) is 91.0 Å². The van der Waals surface area contributed by atoms with Crippen molar-refractivity contribution in [3.05, 3.63) is 118 Å². The third-order valence-corrected chi connectivity index (χ3v) is 9.50. The van der Waals surface area contributed by atoms with Crippen LogP contribution >= 0.6 is 0 Å². The number of benzene rings is 3. The SMILES string of the molecule is CC1(C)O[C@H]2[C@@H](O1)[C@@H](CO[C@@H]1O[C@H](COCc3ccccc3)[C@H](OCc3ccccc3)[C@H](OCc3ccccc3)[C@H]1[N+](=O)[O-])O[C@@H]1OC(C)(C)O[C@@H]12. The van der Waals surface area contributed by atoms with Crippen LogP contribution in [0.15, 0.2) is 91.0 Å². The zero-order chi connectivity index (χ0) is 36.3. The van der Waals surface area contributed by atoms with Gasteiger partial charge in [0.2, 0.25) is 6.29 Å². The highest BCUT2D eigenvalue weighted by Crippen LogP contribution is 2.44. The van der Waals surface area contributed by atoms with Gasteiger partial charge in [0.05, 0.1) is 33.0 Å². The number of fused-ring (bicyclic) bond motifs is 3. The van der Waals surface area contributed by atoms with Crippen molar-refractivity contribution in [2.24, 2.45) is 0 Å². The number of hydrogen-bond donors (Lipinski definition) is 0. The third kappa shape index (κ3) is 8.71. The summed E-state index contributed by atoms with van der Waals surface area (Å²) in [6, 6.07) is 27.3. The highest BCUT2D eigenvalue weighted by atomic mass is 16.9. The first-order valence-corrected chi connectivity index (χ1v) is 17.8. The Labute approximate surface area is 303 Å². The van der Waals surface area contributed by atoms with Crippen LogP contribution in [0.5, 0.6) is 0 Å². The zero-order valence-electron chi connectivity index (χ0n) is 29.8. The first-order valence-electron chi connectivity index (χ1n) is 17.8. The molecule has 13 heteroatoms. The predicted molar refractivity (Wildman–Crippen MR) is 184 cm³/mol. The second kappa shape index (κ2) is 15.9. The van der Waals surface area contributed by atoms with E-state index >= 15 is 0 Å². The minimum Gasteiger partial charge on any atom is -0.374 e. The van der Waals surface area contributed by atoms with Gasteiger partial charge in [0, 0.05) is 4.92 Å². The van der Waals surface area contributed by atoms with Crippen LogP contribution < -0.4 is 0 Å². The van der Waals surface area contributed by atoms with E-state index in [9.17, 15) is 10.1 Å². The molecule has 3 aromatic rings. The zero-order valence-corrected chi connectivity index (χ0v) is 29.8. The van der Waals surface area contributed by atoms with Crippen LogP contribution in [0.1, 0.15) is 44.4 Å².